The second kappa shape index (κ2) is 7.15. The Morgan fingerprint density at radius 2 is 2.13 bits per heavy atom. The number of hydrogen-bond acceptors (Lipinski definition) is 5. The summed E-state index contributed by atoms with van der Waals surface area (Å²) in [7, 11) is 1.90. The van der Waals surface area contributed by atoms with E-state index in [1.807, 2.05) is 48.0 Å². The van der Waals surface area contributed by atoms with Gasteiger partial charge in [0.15, 0.2) is 5.16 Å². The molecule has 0 saturated carbocycles. The molecule has 0 radical (unpaired) electrons. The lowest BCUT2D eigenvalue weighted by atomic mass is 10.2. The van der Waals surface area contributed by atoms with Gasteiger partial charge < -0.3 is 14.3 Å². The van der Waals surface area contributed by atoms with Gasteiger partial charge in [0.05, 0.1) is 6.26 Å². The number of nitrogens with zero attached hydrogens (tertiary/aromatic N) is 3. The van der Waals surface area contributed by atoms with Crippen molar-refractivity contribution in [3.63, 3.8) is 0 Å². The van der Waals surface area contributed by atoms with Crippen molar-refractivity contribution in [2.45, 2.75) is 22.9 Å². The molecule has 7 heteroatoms. The number of hydrogen-bond donors (Lipinski definition) is 1. The fourth-order valence-electron chi connectivity index (χ4n) is 1.99. The number of rotatable bonds is 6. The Hall–Kier alpha value is -2.54. The molecule has 0 bridgehead atoms. The van der Waals surface area contributed by atoms with Gasteiger partial charge in [0.2, 0.25) is 5.91 Å². The summed E-state index contributed by atoms with van der Waals surface area (Å²) >= 11 is 1.52. The molecule has 118 valence electrons. The number of aryl methyl sites for hydroxylation is 2. The monoisotopic (exact) mass is 328 g/mol. The van der Waals surface area contributed by atoms with Gasteiger partial charge in [-0.1, -0.05) is 0 Å². The fourth-order valence-corrected chi connectivity index (χ4v) is 2.75. The van der Waals surface area contributed by atoms with Crippen molar-refractivity contribution in [2.24, 2.45) is 7.05 Å². The molecule has 1 N–H and O–H groups in total. The maximum Gasteiger partial charge on any atom is 0.224 e. The number of carbonyl (C=O) groups is 1. The van der Waals surface area contributed by atoms with Crippen LogP contribution < -0.4 is 5.32 Å². The topological polar surface area (TPSA) is 73.0 Å². The zero-order chi connectivity index (χ0) is 16.1. The van der Waals surface area contributed by atoms with Crippen LogP contribution >= 0.6 is 11.8 Å². The quantitative estimate of drug-likeness (QED) is 0.752. The number of amides is 1. The number of carbonyl (C=O) groups excluding carboxylic acids is 1. The molecule has 6 nitrogen and oxygen atoms in total. The van der Waals surface area contributed by atoms with Crippen LogP contribution in [0.4, 0.5) is 5.69 Å². The fraction of sp³-hybridized carbons (Fsp3) is 0.188. The van der Waals surface area contributed by atoms with Gasteiger partial charge in [-0.05, 0) is 48.2 Å². The number of nitrogens with one attached hydrogen (secondary N) is 1. The molecule has 0 aliphatic heterocycles. The van der Waals surface area contributed by atoms with Crippen LogP contribution in [-0.2, 0) is 18.3 Å². The third kappa shape index (κ3) is 4.23. The van der Waals surface area contributed by atoms with Crippen LogP contribution in [0.5, 0.6) is 0 Å². The first kappa shape index (κ1) is 15.4. The Morgan fingerprint density at radius 1 is 1.30 bits per heavy atom. The molecule has 3 rings (SSSR count). The summed E-state index contributed by atoms with van der Waals surface area (Å²) < 4.78 is 7.07. The highest BCUT2D eigenvalue weighted by molar-refractivity contribution is 7.99. The van der Waals surface area contributed by atoms with Crippen molar-refractivity contribution in [2.75, 3.05) is 5.32 Å². The molecule has 0 unspecified atom stereocenters. The maximum absolute atomic E-state index is 11.9. The number of aromatic nitrogens is 3. The van der Waals surface area contributed by atoms with E-state index in [2.05, 4.69) is 15.5 Å². The SMILES string of the molecule is Cn1cnnc1Sc1ccc(NC(=O)CCc2ccco2)cc1. The zero-order valence-electron chi connectivity index (χ0n) is 12.6. The molecule has 23 heavy (non-hydrogen) atoms. The Bertz CT molecular complexity index is 766. The lowest BCUT2D eigenvalue weighted by molar-refractivity contribution is -0.116. The second-order valence-electron chi connectivity index (χ2n) is 4.98. The van der Waals surface area contributed by atoms with Crippen molar-refractivity contribution in [1.29, 1.82) is 0 Å². The third-order valence-corrected chi connectivity index (χ3v) is 4.26. The molecule has 0 aliphatic rings. The summed E-state index contributed by atoms with van der Waals surface area (Å²) in [5, 5.41) is 11.6. The van der Waals surface area contributed by atoms with Gasteiger partial charge in [-0.3, -0.25) is 4.79 Å². The van der Waals surface area contributed by atoms with Gasteiger partial charge in [0.1, 0.15) is 12.1 Å². The number of furan rings is 1. The number of anilines is 1. The van der Waals surface area contributed by atoms with E-state index >= 15 is 0 Å². The lowest BCUT2D eigenvalue weighted by Crippen LogP contribution is -2.12. The minimum absolute atomic E-state index is 0.0323. The van der Waals surface area contributed by atoms with Crippen LogP contribution in [0.1, 0.15) is 12.2 Å². The summed E-state index contributed by atoms with van der Waals surface area (Å²) in [4.78, 5) is 13.0. The summed E-state index contributed by atoms with van der Waals surface area (Å²) in [6.45, 7) is 0. The predicted octanol–water partition coefficient (Wildman–Crippen LogP) is 3.13. The summed E-state index contributed by atoms with van der Waals surface area (Å²) in [5.74, 6) is 0.783. The molecule has 0 saturated heterocycles. The van der Waals surface area contributed by atoms with E-state index in [0.717, 1.165) is 21.5 Å². The Labute approximate surface area is 137 Å². The second-order valence-corrected chi connectivity index (χ2v) is 6.02. The Morgan fingerprint density at radius 3 is 2.78 bits per heavy atom. The number of benzene rings is 1. The predicted molar refractivity (Wildman–Crippen MR) is 87.2 cm³/mol. The van der Waals surface area contributed by atoms with E-state index in [1.165, 1.54) is 11.8 Å². The largest absolute Gasteiger partial charge is 0.469 e. The van der Waals surface area contributed by atoms with Crippen molar-refractivity contribution < 1.29 is 9.21 Å². The first-order valence-electron chi connectivity index (χ1n) is 7.15. The first-order chi connectivity index (χ1) is 11.2. The molecule has 0 atom stereocenters. The van der Waals surface area contributed by atoms with Crippen molar-refractivity contribution in [3.05, 3.63) is 54.7 Å². The molecule has 1 aromatic carbocycles. The Kier molecular flexibility index (Phi) is 4.77. The highest BCUT2D eigenvalue weighted by Gasteiger charge is 2.06. The summed E-state index contributed by atoms with van der Waals surface area (Å²) in [6.07, 6.45) is 4.26. The summed E-state index contributed by atoms with van der Waals surface area (Å²) in [5.41, 5.74) is 0.775. The highest BCUT2D eigenvalue weighted by Crippen LogP contribution is 2.26. The van der Waals surface area contributed by atoms with E-state index in [-0.39, 0.29) is 5.91 Å². The van der Waals surface area contributed by atoms with Crippen molar-refractivity contribution in [3.8, 4) is 0 Å². The zero-order valence-corrected chi connectivity index (χ0v) is 13.4. The summed E-state index contributed by atoms with van der Waals surface area (Å²) in [6, 6.07) is 11.3. The standard InChI is InChI=1S/C16H16N4O2S/c1-20-11-17-19-16(20)23-14-7-4-12(5-8-14)18-15(21)9-6-13-3-2-10-22-13/h2-5,7-8,10-11H,6,9H2,1H3,(H,18,21). The lowest BCUT2D eigenvalue weighted by Gasteiger charge is -2.06. The van der Waals surface area contributed by atoms with Gasteiger partial charge in [-0.15, -0.1) is 10.2 Å². The van der Waals surface area contributed by atoms with Crippen LogP contribution in [0, 0.1) is 0 Å². The first-order valence-corrected chi connectivity index (χ1v) is 7.96. The third-order valence-electron chi connectivity index (χ3n) is 3.20. The maximum atomic E-state index is 11.9. The van der Waals surface area contributed by atoms with E-state index in [9.17, 15) is 4.79 Å². The molecular formula is C16H16N4O2S. The molecule has 1 amide bonds. The normalized spacial score (nSPS) is 10.7. The van der Waals surface area contributed by atoms with Gasteiger partial charge >= 0.3 is 0 Å². The van der Waals surface area contributed by atoms with E-state index in [0.29, 0.717) is 12.8 Å². The van der Waals surface area contributed by atoms with Crippen LogP contribution in [0.25, 0.3) is 0 Å². The van der Waals surface area contributed by atoms with Crippen LogP contribution in [0.15, 0.2) is 63.5 Å². The van der Waals surface area contributed by atoms with Crippen LogP contribution in [-0.4, -0.2) is 20.7 Å². The van der Waals surface area contributed by atoms with Gasteiger partial charge in [0, 0.05) is 30.5 Å². The van der Waals surface area contributed by atoms with Crippen LogP contribution in [0.3, 0.4) is 0 Å². The average Bonchev–Trinajstić information content (AvgIpc) is 3.20. The minimum Gasteiger partial charge on any atom is -0.469 e. The molecule has 0 aliphatic carbocycles. The minimum atomic E-state index is -0.0323. The molecular weight excluding hydrogens is 312 g/mol. The molecule has 0 spiro atoms. The Balaban J connectivity index is 1.52. The molecule has 3 aromatic rings. The van der Waals surface area contributed by atoms with E-state index in [1.54, 1.807) is 12.6 Å². The van der Waals surface area contributed by atoms with E-state index < -0.39 is 0 Å². The smallest absolute Gasteiger partial charge is 0.224 e. The van der Waals surface area contributed by atoms with Crippen molar-refractivity contribution in [1.82, 2.24) is 14.8 Å². The molecule has 2 aromatic heterocycles. The van der Waals surface area contributed by atoms with Gasteiger partial charge in [-0.2, -0.15) is 0 Å². The van der Waals surface area contributed by atoms with Gasteiger partial charge in [0.25, 0.3) is 0 Å². The van der Waals surface area contributed by atoms with Crippen molar-refractivity contribution >= 4 is 23.4 Å². The highest BCUT2D eigenvalue weighted by atomic mass is 32.2. The molecule has 0 fully saturated rings. The van der Waals surface area contributed by atoms with Crippen LogP contribution in [0.2, 0.25) is 0 Å². The van der Waals surface area contributed by atoms with Gasteiger partial charge in [-0.25, -0.2) is 0 Å². The van der Waals surface area contributed by atoms with E-state index in [4.69, 9.17) is 4.42 Å². The average molecular weight is 328 g/mol. The molecule has 2 heterocycles.